The van der Waals surface area contributed by atoms with Gasteiger partial charge in [0.25, 0.3) is 0 Å². The van der Waals surface area contributed by atoms with Crippen molar-refractivity contribution in [2.75, 3.05) is 11.9 Å². The molecule has 0 saturated heterocycles. The lowest BCUT2D eigenvalue weighted by Crippen LogP contribution is -2.30. The first-order valence-electron chi connectivity index (χ1n) is 5.33. The smallest absolute Gasteiger partial charge is 0.144 e. The van der Waals surface area contributed by atoms with E-state index in [2.05, 4.69) is 16.4 Å². The number of hydrogen-bond donors (Lipinski definition) is 2. The molecule has 0 bridgehead atoms. The van der Waals surface area contributed by atoms with Crippen molar-refractivity contribution in [1.29, 1.82) is 5.26 Å². The summed E-state index contributed by atoms with van der Waals surface area (Å²) in [5, 5.41) is 21.4. The molecule has 2 N–H and O–H groups in total. The molecule has 1 atom stereocenters. The molecule has 4 heteroatoms. The summed E-state index contributed by atoms with van der Waals surface area (Å²) in [6.45, 7) is 5.92. The van der Waals surface area contributed by atoms with Gasteiger partial charge in [-0.2, -0.15) is 5.26 Å². The minimum Gasteiger partial charge on any atom is -0.394 e. The zero-order chi connectivity index (χ0) is 12.1. The summed E-state index contributed by atoms with van der Waals surface area (Å²) in [5.41, 5.74) is 1.43. The van der Waals surface area contributed by atoms with Crippen molar-refractivity contribution in [2.45, 2.75) is 26.8 Å². The Morgan fingerprint density at radius 3 is 2.75 bits per heavy atom. The fraction of sp³-hybridized carbons (Fsp3) is 0.500. The summed E-state index contributed by atoms with van der Waals surface area (Å²) >= 11 is 0. The number of nitrogens with one attached hydrogen (secondary N) is 1. The topological polar surface area (TPSA) is 68.9 Å². The van der Waals surface area contributed by atoms with Gasteiger partial charge in [0.2, 0.25) is 0 Å². The van der Waals surface area contributed by atoms with Crippen LogP contribution >= 0.6 is 0 Å². The summed E-state index contributed by atoms with van der Waals surface area (Å²) in [4.78, 5) is 4.14. The Labute approximate surface area is 95.9 Å². The lowest BCUT2D eigenvalue weighted by molar-refractivity contribution is 0.249. The van der Waals surface area contributed by atoms with Crippen LogP contribution < -0.4 is 5.32 Å². The van der Waals surface area contributed by atoms with Gasteiger partial charge in [-0.1, -0.05) is 13.8 Å². The van der Waals surface area contributed by atoms with Crippen LogP contribution in [0.5, 0.6) is 0 Å². The molecule has 1 rings (SSSR count). The standard InChI is InChI=1S/C12H17N3O/c1-8(2)11(7-16)15-12-10(6-13)9(3)4-5-14-12/h4-5,8,11,16H,7H2,1-3H3,(H,14,15)/t11-/m1/s1. The highest BCUT2D eigenvalue weighted by Gasteiger charge is 2.15. The average Bonchev–Trinajstić information content (AvgIpc) is 2.25. The van der Waals surface area contributed by atoms with Crippen molar-refractivity contribution < 1.29 is 5.11 Å². The van der Waals surface area contributed by atoms with Crippen LogP contribution in [-0.4, -0.2) is 22.7 Å². The molecule has 1 aromatic heterocycles. The molecule has 0 fully saturated rings. The molecule has 0 saturated carbocycles. The Morgan fingerprint density at radius 1 is 1.56 bits per heavy atom. The maximum atomic E-state index is 9.22. The number of nitrogens with zero attached hydrogens (tertiary/aromatic N) is 2. The van der Waals surface area contributed by atoms with Gasteiger partial charge in [0.15, 0.2) is 0 Å². The van der Waals surface area contributed by atoms with E-state index in [0.29, 0.717) is 11.4 Å². The monoisotopic (exact) mass is 219 g/mol. The van der Waals surface area contributed by atoms with Crippen molar-refractivity contribution in [2.24, 2.45) is 5.92 Å². The highest BCUT2D eigenvalue weighted by Crippen LogP contribution is 2.17. The number of nitriles is 1. The average molecular weight is 219 g/mol. The first-order chi connectivity index (χ1) is 7.60. The number of aliphatic hydroxyl groups is 1. The van der Waals surface area contributed by atoms with E-state index >= 15 is 0 Å². The highest BCUT2D eigenvalue weighted by molar-refractivity contribution is 5.55. The van der Waals surface area contributed by atoms with Crippen LogP contribution in [0.4, 0.5) is 5.82 Å². The lowest BCUT2D eigenvalue weighted by Gasteiger charge is -2.21. The minimum absolute atomic E-state index is 0.0259. The molecular formula is C12H17N3O. The molecular weight excluding hydrogens is 202 g/mol. The van der Waals surface area contributed by atoms with Gasteiger partial charge >= 0.3 is 0 Å². The van der Waals surface area contributed by atoms with E-state index in [0.717, 1.165) is 5.56 Å². The number of aromatic nitrogens is 1. The highest BCUT2D eigenvalue weighted by atomic mass is 16.3. The third-order valence-corrected chi connectivity index (χ3v) is 2.59. The summed E-state index contributed by atoms with van der Waals surface area (Å²) in [6.07, 6.45) is 1.66. The Morgan fingerprint density at radius 2 is 2.25 bits per heavy atom. The van der Waals surface area contributed by atoms with Crippen LogP contribution in [-0.2, 0) is 0 Å². The first kappa shape index (κ1) is 12.5. The van der Waals surface area contributed by atoms with Crippen molar-refractivity contribution in [3.05, 3.63) is 23.4 Å². The number of hydrogen-bond acceptors (Lipinski definition) is 4. The maximum Gasteiger partial charge on any atom is 0.144 e. The predicted octanol–water partition coefficient (Wildman–Crippen LogP) is 1.69. The zero-order valence-electron chi connectivity index (χ0n) is 9.86. The molecule has 0 radical (unpaired) electrons. The molecule has 0 aliphatic heterocycles. The molecule has 4 nitrogen and oxygen atoms in total. The number of pyridine rings is 1. The number of aryl methyl sites for hydroxylation is 1. The van der Waals surface area contributed by atoms with Gasteiger partial charge < -0.3 is 10.4 Å². The zero-order valence-corrected chi connectivity index (χ0v) is 9.86. The van der Waals surface area contributed by atoms with Crippen LogP contribution in [0.1, 0.15) is 25.0 Å². The quantitative estimate of drug-likeness (QED) is 0.808. The number of anilines is 1. The van der Waals surface area contributed by atoms with Gasteiger partial charge in [-0.25, -0.2) is 4.98 Å². The Balaban J connectivity index is 2.97. The molecule has 86 valence electrons. The summed E-state index contributed by atoms with van der Waals surface area (Å²) in [7, 11) is 0. The maximum absolute atomic E-state index is 9.22. The van der Waals surface area contributed by atoms with E-state index in [1.165, 1.54) is 0 Å². The van der Waals surface area contributed by atoms with Crippen molar-refractivity contribution >= 4 is 5.82 Å². The van der Waals surface area contributed by atoms with Gasteiger partial charge in [0.05, 0.1) is 18.2 Å². The number of aliphatic hydroxyl groups excluding tert-OH is 1. The Hall–Kier alpha value is -1.60. The fourth-order valence-corrected chi connectivity index (χ4v) is 1.41. The van der Waals surface area contributed by atoms with Crippen molar-refractivity contribution in [3.63, 3.8) is 0 Å². The van der Waals surface area contributed by atoms with Crippen LogP contribution in [0.3, 0.4) is 0 Å². The van der Waals surface area contributed by atoms with Crippen LogP contribution in [0.15, 0.2) is 12.3 Å². The first-order valence-corrected chi connectivity index (χ1v) is 5.33. The second kappa shape index (κ2) is 5.47. The largest absolute Gasteiger partial charge is 0.394 e. The minimum atomic E-state index is -0.0820. The number of rotatable bonds is 4. The van der Waals surface area contributed by atoms with E-state index in [1.807, 2.05) is 20.8 Å². The van der Waals surface area contributed by atoms with E-state index in [9.17, 15) is 5.11 Å². The lowest BCUT2D eigenvalue weighted by atomic mass is 10.0. The molecule has 0 aliphatic rings. The van der Waals surface area contributed by atoms with E-state index < -0.39 is 0 Å². The van der Waals surface area contributed by atoms with Crippen LogP contribution in [0.25, 0.3) is 0 Å². The summed E-state index contributed by atoms with van der Waals surface area (Å²) in [5.74, 6) is 0.828. The third-order valence-electron chi connectivity index (χ3n) is 2.59. The molecule has 0 amide bonds. The van der Waals surface area contributed by atoms with Crippen molar-refractivity contribution in [1.82, 2.24) is 4.98 Å². The molecule has 16 heavy (non-hydrogen) atoms. The van der Waals surface area contributed by atoms with E-state index in [4.69, 9.17) is 5.26 Å². The van der Waals surface area contributed by atoms with Gasteiger partial charge in [0.1, 0.15) is 11.9 Å². The Kier molecular flexibility index (Phi) is 4.27. The van der Waals surface area contributed by atoms with Gasteiger partial charge in [-0.05, 0) is 24.5 Å². The second-order valence-electron chi connectivity index (χ2n) is 4.14. The summed E-state index contributed by atoms with van der Waals surface area (Å²) in [6, 6.07) is 3.84. The summed E-state index contributed by atoms with van der Waals surface area (Å²) < 4.78 is 0. The molecule has 0 aliphatic carbocycles. The normalized spacial score (nSPS) is 12.2. The molecule has 0 aromatic carbocycles. The van der Waals surface area contributed by atoms with Crippen LogP contribution in [0.2, 0.25) is 0 Å². The predicted molar refractivity (Wildman–Crippen MR) is 63.0 cm³/mol. The van der Waals surface area contributed by atoms with E-state index in [1.54, 1.807) is 12.3 Å². The molecule has 1 heterocycles. The third kappa shape index (κ3) is 2.71. The SMILES string of the molecule is Cc1ccnc(N[C@H](CO)C(C)C)c1C#N. The van der Waals surface area contributed by atoms with Gasteiger partial charge in [0, 0.05) is 6.20 Å². The Bertz CT molecular complexity index is 396. The van der Waals surface area contributed by atoms with Crippen molar-refractivity contribution in [3.8, 4) is 6.07 Å². The second-order valence-corrected chi connectivity index (χ2v) is 4.14. The van der Waals surface area contributed by atoms with Gasteiger partial charge in [-0.3, -0.25) is 0 Å². The molecule has 0 unspecified atom stereocenters. The van der Waals surface area contributed by atoms with Gasteiger partial charge in [-0.15, -0.1) is 0 Å². The van der Waals surface area contributed by atoms with E-state index in [-0.39, 0.29) is 18.6 Å². The fourth-order valence-electron chi connectivity index (χ4n) is 1.41. The van der Waals surface area contributed by atoms with Crippen LogP contribution in [0, 0.1) is 24.2 Å². The molecule has 1 aromatic rings. The molecule has 0 spiro atoms.